The van der Waals surface area contributed by atoms with Crippen molar-refractivity contribution in [2.75, 3.05) is 0 Å². The number of furan rings is 1. The van der Waals surface area contributed by atoms with Gasteiger partial charge in [0.15, 0.2) is 0 Å². The average molecular weight is 264 g/mol. The molecule has 100 valence electrons. The highest BCUT2D eigenvalue weighted by Crippen LogP contribution is 2.29. The van der Waals surface area contributed by atoms with Gasteiger partial charge in [0.25, 0.3) is 0 Å². The Kier molecular flexibility index (Phi) is 2.78. The molecule has 0 saturated heterocycles. The summed E-state index contributed by atoms with van der Waals surface area (Å²) in [5.74, 6) is 1.92. The van der Waals surface area contributed by atoms with Gasteiger partial charge >= 0.3 is 0 Å². The summed E-state index contributed by atoms with van der Waals surface area (Å²) >= 11 is 0. The number of fused-ring (bicyclic) bond motifs is 1. The van der Waals surface area contributed by atoms with Gasteiger partial charge < -0.3 is 9.73 Å². The molecular formula is C17H16N2O. The smallest absolute Gasteiger partial charge is 0.134 e. The zero-order chi connectivity index (χ0) is 13.4. The molecule has 1 saturated carbocycles. The number of hydrogen-bond donors (Lipinski definition) is 1. The normalized spacial score (nSPS) is 14.8. The van der Waals surface area contributed by atoms with Crippen molar-refractivity contribution >= 4 is 10.8 Å². The monoisotopic (exact) mass is 264 g/mol. The highest BCUT2D eigenvalue weighted by Gasteiger charge is 2.20. The Morgan fingerprint density at radius 2 is 2.10 bits per heavy atom. The third kappa shape index (κ3) is 2.21. The molecule has 0 radical (unpaired) electrons. The summed E-state index contributed by atoms with van der Waals surface area (Å²) in [6, 6.07) is 13.1. The van der Waals surface area contributed by atoms with Crippen LogP contribution in [0.3, 0.4) is 0 Å². The first-order valence-corrected chi connectivity index (χ1v) is 7.05. The molecule has 2 aromatic heterocycles. The second-order valence-electron chi connectivity index (χ2n) is 5.32. The summed E-state index contributed by atoms with van der Waals surface area (Å²) < 4.78 is 5.97. The second-order valence-corrected chi connectivity index (χ2v) is 5.32. The number of pyridine rings is 1. The first-order valence-electron chi connectivity index (χ1n) is 7.05. The summed E-state index contributed by atoms with van der Waals surface area (Å²) in [5, 5.41) is 5.79. The highest BCUT2D eigenvalue weighted by atomic mass is 16.3. The van der Waals surface area contributed by atoms with E-state index >= 15 is 0 Å². The molecule has 0 aliphatic heterocycles. The number of benzene rings is 1. The summed E-state index contributed by atoms with van der Waals surface area (Å²) in [6.45, 7) is 0.816. The molecule has 0 bridgehead atoms. The number of hydrogen-bond acceptors (Lipinski definition) is 3. The van der Waals surface area contributed by atoms with E-state index in [0.717, 1.165) is 29.0 Å². The maximum absolute atomic E-state index is 5.97. The number of aromatic nitrogens is 1. The average Bonchev–Trinajstić information content (AvgIpc) is 3.21. The number of nitrogens with one attached hydrogen (secondary N) is 1. The van der Waals surface area contributed by atoms with Crippen molar-refractivity contribution in [1.82, 2.24) is 10.3 Å². The van der Waals surface area contributed by atoms with Gasteiger partial charge in [-0.1, -0.05) is 18.2 Å². The predicted molar refractivity (Wildman–Crippen MR) is 79.3 cm³/mol. The summed E-state index contributed by atoms with van der Waals surface area (Å²) in [7, 11) is 0. The second kappa shape index (κ2) is 4.76. The fraction of sp³-hybridized carbons (Fsp3) is 0.235. The van der Waals surface area contributed by atoms with Crippen molar-refractivity contribution in [2.45, 2.75) is 25.4 Å². The van der Waals surface area contributed by atoms with E-state index < -0.39 is 0 Å². The molecule has 3 nitrogen and oxygen atoms in total. The van der Waals surface area contributed by atoms with Crippen LogP contribution in [-0.2, 0) is 6.54 Å². The van der Waals surface area contributed by atoms with Crippen LogP contribution in [0.5, 0.6) is 0 Å². The standard InChI is InChI=1S/C17H16N2O/c1-2-12-10-18-9-8-15(12)16(3-1)17-7-6-14(20-17)11-19-13-4-5-13/h1-3,6-10,13,19H,4-5,11H2. The van der Waals surface area contributed by atoms with Crippen LogP contribution in [0.2, 0.25) is 0 Å². The Labute approximate surface area is 117 Å². The van der Waals surface area contributed by atoms with Crippen LogP contribution in [0.15, 0.2) is 53.2 Å². The van der Waals surface area contributed by atoms with Gasteiger partial charge in [0.1, 0.15) is 11.5 Å². The summed E-state index contributed by atoms with van der Waals surface area (Å²) in [4.78, 5) is 4.17. The van der Waals surface area contributed by atoms with Crippen LogP contribution >= 0.6 is 0 Å². The molecule has 0 amide bonds. The molecule has 3 heteroatoms. The van der Waals surface area contributed by atoms with Crippen molar-refractivity contribution in [2.24, 2.45) is 0 Å². The lowest BCUT2D eigenvalue weighted by Crippen LogP contribution is -2.14. The van der Waals surface area contributed by atoms with Gasteiger partial charge in [0, 0.05) is 29.4 Å². The van der Waals surface area contributed by atoms with Crippen LogP contribution in [0.1, 0.15) is 18.6 Å². The molecule has 3 aromatic rings. The van der Waals surface area contributed by atoms with Gasteiger partial charge in [0.05, 0.1) is 6.54 Å². The SMILES string of the molecule is c1cc(-c2ccc(CNC3CC3)o2)c2ccncc2c1. The van der Waals surface area contributed by atoms with Crippen molar-refractivity contribution < 1.29 is 4.42 Å². The van der Waals surface area contributed by atoms with E-state index in [9.17, 15) is 0 Å². The van der Waals surface area contributed by atoms with Crippen LogP contribution in [0, 0.1) is 0 Å². The topological polar surface area (TPSA) is 38.1 Å². The maximum Gasteiger partial charge on any atom is 0.134 e. The molecule has 1 aromatic carbocycles. The first-order chi connectivity index (χ1) is 9.90. The highest BCUT2D eigenvalue weighted by molar-refractivity contribution is 5.94. The summed E-state index contributed by atoms with van der Waals surface area (Å²) in [5.41, 5.74) is 1.13. The molecule has 1 aliphatic carbocycles. The van der Waals surface area contributed by atoms with E-state index in [1.54, 1.807) is 0 Å². The van der Waals surface area contributed by atoms with Gasteiger partial charge in [-0.2, -0.15) is 0 Å². The van der Waals surface area contributed by atoms with Gasteiger partial charge in [-0.15, -0.1) is 0 Å². The molecule has 1 N–H and O–H groups in total. The quantitative estimate of drug-likeness (QED) is 0.780. The minimum absolute atomic E-state index is 0.701. The fourth-order valence-electron chi connectivity index (χ4n) is 2.49. The van der Waals surface area contributed by atoms with Gasteiger partial charge in [0.2, 0.25) is 0 Å². The number of rotatable bonds is 4. The van der Waals surface area contributed by atoms with E-state index in [4.69, 9.17) is 4.42 Å². The predicted octanol–water partition coefficient (Wildman–Crippen LogP) is 3.75. The third-order valence-electron chi connectivity index (χ3n) is 3.75. The van der Waals surface area contributed by atoms with Crippen molar-refractivity contribution in [3.05, 3.63) is 54.6 Å². The largest absolute Gasteiger partial charge is 0.460 e. The van der Waals surface area contributed by atoms with Gasteiger partial charge in [-0.25, -0.2) is 0 Å². The lowest BCUT2D eigenvalue weighted by Gasteiger charge is -2.03. The van der Waals surface area contributed by atoms with E-state index in [2.05, 4.69) is 34.6 Å². The Bertz CT molecular complexity index is 738. The lowest BCUT2D eigenvalue weighted by molar-refractivity contribution is 0.493. The van der Waals surface area contributed by atoms with E-state index in [1.807, 2.05) is 24.5 Å². The molecular weight excluding hydrogens is 248 g/mol. The van der Waals surface area contributed by atoms with Crippen LogP contribution in [0.25, 0.3) is 22.1 Å². The molecule has 20 heavy (non-hydrogen) atoms. The van der Waals surface area contributed by atoms with Crippen molar-refractivity contribution in [1.29, 1.82) is 0 Å². The molecule has 0 spiro atoms. The molecule has 1 fully saturated rings. The van der Waals surface area contributed by atoms with Crippen LogP contribution in [-0.4, -0.2) is 11.0 Å². The zero-order valence-corrected chi connectivity index (χ0v) is 11.2. The van der Waals surface area contributed by atoms with E-state index in [0.29, 0.717) is 6.04 Å². The van der Waals surface area contributed by atoms with Crippen molar-refractivity contribution in [3.63, 3.8) is 0 Å². The van der Waals surface area contributed by atoms with E-state index in [-0.39, 0.29) is 0 Å². The molecule has 0 atom stereocenters. The zero-order valence-electron chi connectivity index (χ0n) is 11.2. The Morgan fingerprint density at radius 1 is 1.15 bits per heavy atom. The van der Waals surface area contributed by atoms with Gasteiger partial charge in [-0.05, 0) is 36.4 Å². The van der Waals surface area contributed by atoms with Gasteiger partial charge in [-0.3, -0.25) is 4.98 Å². The Morgan fingerprint density at radius 3 is 3.00 bits per heavy atom. The molecule has 1 aliphatic rings. The molecule has 2 heterocycles. The van der Waals surface area contributed by atoms with Crippen LogP contribution in [0.4, 0.5) is 0 Å². The molecule has 0 unspecified atom stereocenters. The Hall–Kier alpha value is -2.13. The Balaban J connectivity index is 1.67. The first kappa shape index (κ1) is 11.7. The molecule has 4 rings (SSSR count). The van der Waals surface area contributed by atoms with Crippen LogP contribution < -0.4 is 5.32 Å². The minimum atomic E-state index is 0.701. The number of nitrogens with zero attached hydrogens (tertiary/aromatic N) is 1. The lowest BCUT2D eigenvalue weighted by atomic mass is 10.1. The third-order valence-corrected chi connectivity index (χ3v) is 3.75. The fourth-order valence-corrected chi connectivity index (χ4v) is 2.49. The summed E-state index contributed by atoms with van der Waals surface area (Å²) in [6.07, 6.45) is 6.30. The maximum atomic E-state index is 5.97. The minimum Gasteiger partial charge on any atom is -0.460 e. The van der Waals surface area contributed by atoms with E-state index in [1.165, 1.54) is 18.2 Å². The van der Waals surface area contributed by atoms with Crippen molar-refractivity contribution in [3.8, 4) is 11.3 Å².